The molecule has 0 bridgehead atoms. The Morgan fingerprint density at radius 2 is 2.24 bits per heavy atom. The van der Waals surface area contributed by atoms with Crippen molar-refractivity contribution in [1.29, 1.82) is 0 Å². The molecule has 1 fully saturated rings. The highest BCUT2D eigenvalue weighted by atomic mass is 32.2. The second kappa shape index (κ2) is 4.61. The summed E-state index contributed by atoms with van der Waals surface area (Å²) in [7, 11) is 0. The van der Waals surface area contributed by atoms with E-state index in [1.54, 1.807) is 0 Å². The molecule has 0 spiro atoms. The molecule has 2 N–H and O–H groups in total. The van der Waals surface area contributed by atoms with Gasteiger partial charge in [-0.15, -0.1) is 0 Å². The van der Waals surface area contributed by atoms with Crippen LogP contribution in [0.4, 0.5) is 0 Å². The number of hydrogen-bond donors (Lipinski definition) is 1. The van der Waals surface area contributed by atoms with Gasteiger partial charge in [-0.25, -0.2) is 0 Å². The molecule has 2 rings (SSSR count). The summed E-state index contributed by atoms with van der Waals surface area (Å²) in [4.78, 5) is 4.47. The summed E-state index contributed by atoms with van der Waals surface area (Å²) >= 11 is 1.87. The fourth-order valence-corrected chi connectivity index (χ4v) is 3.74. The molecule has 1 aliphatic rings. The van der Waals surface area contributed by atoms with E-state index >= 15 is 0 Å². The fraction of sp³-hybridized carbons (Fsp3) is 0.833. The van der Waals surface area contributed by atoms with Crippen LogP contribution >= 0.6 is 11.8 Å². The highest BCUT2D eigenvalue weighted by Gasteiger charge is 2.48. The molecule has 0 amide bonds. The highest BCUT2D eigenvalue weighted by molar-refractivity contribution is 7.99. The minimum Gasteiger partial charge on any atom is -0.339 e. The first-order valence-electron chi connectivity index (χ1n) is 6.19. The molecule has 0 saturated carbocycles. The molecule has 4 nitrogen and oxygen atoms in total. The molecule has 2 heterocycles. The van der Waals surface area contributed by atoms with Crippen LogP contribution in [0.3, 0.4) is 0 Å². The number of rotatable bonds is 3. The van der Waals surface area contributed by atoms with E-state index in [-0.39, 0.29) is 5.41 Å². The lowest BCUT2D eigenvalue weighted by Crippen LogP contribution is -2.55. The Morgan fingerprint density at radius 1 is 1.47 bits per heavy atom. The first kappa shape index (κ1) is 12.9. The van der Waals surface area contributed by atoms with Crippen LogP contribution in [0, 0.1) is 5.41 Å². The Labute approximate surface area is 107 Å². The zero-order chi connectivity index (χ0) is 12.5. The van der Waals surface area contributed by atoms with Crippen LogP contribution in [0.15, 0.2) is 4.52 Å². The van der Waals surface area contributed by atoms with Crippen LogP contribution < -0.4 is 5.73 Å². The third kappa shape index (κ3) is 2.22. The zero-order valence-electron chi connectivity index (χ0n) is 10.8. The van der Waals surface area contributed by atoms with Crippen LogP contribution in [0.25, 0.3) is 0 Å². The molecule has 1 aliphatic heterocycles. The van der Waals surface area contributed by atoms with Crippen molar-refractivity contribution in [3.8, 4) is 0 Å². The Bertz CT molecular complexity index is 391. The van der Waals surface area contributed by atoms with E-state index in [1.807, 2.05) is 11.8 Å². The SMILES string of the molecule is CCCc1nc(C2(N)CSCCC2(C)C)no1. The quantitative estimate of drug-likeness (QED) is 0.898. The van der Waals surface area contributed by atoms with Crippen LogP contribution in [-0.2, 0) is 12.0 Å². The zero-order valence-corrected chi connectivity index (χ0v) is 11.6. The van der Waals surface area contributed by atoms with Gasteiger partial charge in [-0.1, -0.05) is 25.9 Å². The van der Waals surface area contributed by atoms with E-state index in [0.29, 0.717) is 11.7 Å². The Balaban J connectivity index is 2.28. The van der Waals surface area contributed by atoms with E-state index in [9.17, 15) is 0 Å². The van der Waals surface area contributed by atoms with Gasteiger partial charge >= 0.3 is 0 Å². The molecule has 5 heteroatoms. The summed E-state index contributed by atoms with van der Waals surface area (Å²) in [6.45, 7) is 6.49. The maximum Gasteiger partial charge on any atom is 0.226 e. The molecular formula is C12H21N3OS. The molecule has 17 heavy (non-hydrogen) atoms. The van der Waals surface area contributed by atoms with Gasteiger partial charge in [0, 0.05) is 12.2 Å². The minimum absolute atomic E-state index is 0.0195. The van der Waals surface area contributed by atoms with Crippen LogP contribution in [0.1, 0.15) is 45.3 Å². The summed E-state index contributed by atoms with van der Waals surface area (Å²) in [5.74, 6) is 3.41. The van der Waals surface area contributed by atoms with Crippen molar-refractivity contribution in [3.05, 3.63) is 11.7 Å². The van der Waals surface area contributed by atoms with Crippen LogP contribution in [0.2, 0.25) is 0 Å². The first-order chi connectivity index (χ1) is 7.99. The smallest absolute Gasteiger partial charge is 0.226 e. The van der Waals surface area contributed by atoms with E-state index in [4.69, 9.17) is 10.3 Å². The van der Waals surface area contributed by atoms with E-state index in [1.165, 1.54) is 0 Å². The number of hydrogen-bond acceptors (Lipinski definition) is 5. The van der Waals surface area contributed by atoms with E-state index in [2.05, 4.69) is 30.9 Å². The maximum atomic E-state index is 6.56. The second-order valence-corrected chi connectivity index (χ2v) is 6.52. The Kier molecular flexibility index (Phi) is 3.50. The molecule has 1 aromatic heterocycles. The third-order valence-electron chi connectivity index (χ3n) is 3.74. The molecule has 96 valence electrons. The molecule has 1 unspecified atom stereocenters. The predicted molar refractivity (Wildman–Crippen MR) is 69.9 cm³/mol. The van der Waals surface area contributed by atoms with Gasteiger partial charge < -0.3 is 10.3 Å². The largest absolute Gasteiger partial charge is 0.339 e. The molecule has 1 saturated heterocycles. The summed E-state index contributed by atoms with van der Waals surface area (Å²) in [6.07, 6.45) is 2.93. The molecule has 1 aromatic rings. The number of nitrogens with zero attached hydrogens (tertiary/aromatic N) is 2. The summed E-state index contributed by atoms with van der Waals surface area (Å²) in [6, 6.07) is 0. The van der Waals surface area contributed by atoms with Gasteiger partial charge in [0.05, 0.1) is 5.54 Å². The summed E-state index contributed by atoms with van der Waals surface area (Å²) in [5, 5.41) is 4.10. The Morgan fingerprint density at radius 3 is 2.88 bits per heavy atom. The lowest BCUT2D eigenvalue weighted by atomic mass is 9.71. The molecular weight excluding hydrogens is 234 g/mol. The topological polar surface area (TPSA) is 64.9 Å². The monoisotopic (exact) mass is 255 g/mol. The normalized spacial score (nSPS) is 28.2. The summed E-state index contributed by atoms with van der Waals surface area (Å²) in [5.41, 5.74) is 6.11. The number of nitrogens with two attached hydrogens (primary N) is 1. The lowest BCUT2D eigenvalue weighted by molar-refractivity contribution is 0.161. The highest BCUT2D eigenvalue weighted by Crippen LogP contribution is 2.45. The molecule has 0 aromatic carbocycles. The Hall–Kier alpha value is -0.550. The van der Waals surface area contributed by atoms with Crippen molar-refractivity contribution in [3.63, 3.8) is 0 Å². The average molecular weight is 255 g/mol. The van der Waals surface area contributed by atoms with Gasteiger partial charge in [0.15, 0.2) is 5.82 Å². The van der Waals surface area contributed by atoms with Crippen molar-refractivity contribution in [2.45, 2.75) is 45.6 Å². The van der Waals surface area contributed by atoms with Crippen molar-refractivity contribution in [1.82, 2.24) is 10.1 Å². The minimum atomic E-state index is -0.467. The van der Waals surface area contributed by atoms with Crippen LogP contribution in [-0.4, -0.2) is 21.6 Å². The van der Waals surface area contributed by atoms with Crippen molar-refractivity contribution in [2.75, 3.05) is 11.5 Å². The standard InChI is InChI=1S/C12H21N3OS/c1-4-5-9-14-10(15-16-9)12(13)8-17-7-6-11(12,2)3/h4-8,13H2,1-3H3. The number of aryl methyl sites for hydroxylation is 1. The van der Waals surface area contributed by atoms with Crippen LogP contribution in [0.5, 0.6) is 0 Å². The first-order valence-corrected chi connectivity index (χ1v) is 7.35. The second-order valence-electron chi connectivity index (χ2n) is 5.42. The van der Waals surface area contributed by atoms with E-state index in [0.717, 1.165) is 30.8 Å². The number of aromatic nitrogens is 2. The van der Waals surface area contributed by atoms with Gasteiger partial charge in [0.2, 0.25) is 5.89 Å². The van der Waals surface area contributed by atoms with Gasteiger partial charge in [0.25, 0.3) is 0 Å². The van der Waals surface area contributed by atoms with Crippen molar-refractivity contribution >= 4 is 11.8 Å². The maximum absolute atomic E-state index is 6.56. The van der Waals surface area contributed by atoms with Gasteiger partial charge in [0.1, 0.15) is 0 Å². The van der Waals surface area contributed by atoms with Crippen molar-refractivity contribution in [2.24, 2.45) is 11.1 Å². The van der Waals surface area contributed by atoms with E-state index < -0.39 is 5.54 Å². The lowest BCUT2D eigenvalue weighted by Gasteiger charge is -2.45. The predicted octanol–water partition coefficient (Wildman–Crippen LogP) is 2.34. The molecule has 0 radical (unpaired) electrons. The third-order valence-corrected chi connectivity index (χ3v) is 4.89. The number of thioether (sulfide) groups is 1. The van der Waals surface area contributed by atoms with Gasteiger partial charge in [-0.3, -0.25) is 0 Å². The van der Waals surface area contributed by atoms with Gasteiger partial charge in [-0.05, 0) is 24.0 Å². The van der Waals surface area contributed by atoms with Gasteiger partial charge in [-0.2, -0.15) is 16.7 Å². The summed E-state index contributed by atoms with van der Waals surface area (Å²) < 4.78 is 5.27. The fourth-order valence-electron chi connectivity index (χ4n) is 2.10. The molecule has 1 atom stereocenters. The van der Waals surface area contributed by atoms with Crippen molar-refractivity contribution < 1.29 is 4.52 Å². The molecule has 0 aliphatic carbocycles. The average Bonchev–Trinajstić information content (AvgIpc) is 2.72.